The maximum Gasteiger partial charge on any atom is 0.0919 e. The second-order valence-electron chi connectivity index (χ2n) is 3.61. The highest BCUT2D eigenvalue weighted by Crippen LogP contribution is 2.16. The SMILES string of the molecule is CC1(C)CNC[C@@H](CCF)O1. The minimum absolute atomic E-state index is 0.0590. The van der Waals surface area contributed by atoms with E-state index in [-0.39, 0.29) is 18.4 Å². The summed E-state index contributed by atoms with van der Waals surface area (Å²) in [6.45, 7) is 5.39. The lowest BCUT2D eigenvalue weighted by molar-refractivity contribution is -0.0975. The number of morpholine rings is 1. The van der Waals surface area contributed by atoms with Crippen LogP contribution >= 0.6 is 0 Å². The number of halogens is 1. The minimum atomic E-state index is -0.289. The van der Waals surface area contributed by atoms with Gasteiger partial charge in [0.15, 0.2) is 0 Å². The minimum Gasteiger partial charge on any atom is -0.370 e. The number of rotatable bonds is 2. The Morgan fingerprint density at radius 1 is 1.64 bits per heavy atom. The molecular weight excluding hydrogens is 145 g/mol. The van der Waals surface area contributed by atoms with Gasteiger partial charge in [0.1, 0.15) is 0 Å². The summed E-state index contributed by atoms with van der Waals surface area (Å²) in [6.07, 6.45) is 0.569. The Bertz CT molecular complexity index is 125. The monoisotopic (exact) mass is 161 g/mol. The summed E-state index contributed by atoms with van der Waals surface area (Å²) in [4.78, 5) is 0. The lowest BCUT2D eigenvalue weighted by atomic mass is 10.1. The molecule has 0 unspecified atom stereocenters. The van der Waals surface area contributed by atoms with Crippen LogP contribution in [0.3, 0.4) is 0 Å². The van der Waals surface area contributed by atoms with Crippen molar-refractivity contribution in [2.45, 2.75) is 32.0 Å². The van der Waals surface area contributed by atoms with Crippen LogP contribution in [-0.4, -0.2) is 31.5 Å². The van der Waals surface area contributed by atoms with Gasteiger partial charge >= 0.3 is 0 Å². The van der Waals surface area contributed by atoms with Crippen LogP contribution in [0.4, 0.5) is 4.39 Å². The van der Waals surface area contributed by atoms with Crippen LogP contribution in [0.25, 0.3) is 0 Å². The molecule has 0 amide bonds. The van der Waals surface area contributed by atoms with Crippen LogP contribution < -0.4 is 5.32 Å². The van der Waals surface area contributed by atoms with Gasteiger partial charge in [0.05, 0.1) is 18.4 Å². The smallest absolute Gasteiger partial charge is 0.0919 e. The van der Waals surface area contributed by atoms with Gasteiger partial charge in [-0.15, -0.1) is 0 Å². The molecule has 0 aromatic carbocycles. The van der Waals surface area contributed by atoms with E-state index in [1.165, 1.54) is 0 Å². The van der Waals surface area contributed by atoms with E-state index in [1.54, 1.807) is 0 Å². The summed E-state index contributed by atoms with van der Waals surface area (Å²) in [5.74, 6) is 0. The highest BCUT2D eigenvalue weighted by molar-refractivity contribution is 4.80. The molecule has 0 saturated carbocycles. The summed E-state index contributed by atoms with van der Waals surface area (Å²) < 4.78 is 17.5. The molecule has 1 aliphatic heterocycles. The van der Waals surface area contributed by atoms with Gasteiger partial charge in [-0.1, -0.05) is 0 Å². The summed E-state index contributed by atoms with van der Waals surface area (Å²) in [5.41, 5.74) is -0.127. The van der Waals surface area contributed by atoms with Crippen molar-refractivity contribution in [3.05, 3.63) is 0 Å². The first kappa shape index (κ1) is 8.94. The van der Waals surface area contributed by atoms with Crippen molar-refractivity contribution in [3.8, 4) is 0 Å². The topological polar surface area (TPSA) is 21.3 Å². The van der Waals surface area contributed by atoms with Crippen molar-refractivity contribution in [3.63, 3.8) is 0 Å². The Morgan fingerprint density at radius 2 is 2.36 bits per heavy atom. The first-order chi connectivity index (χ1) is 5.14. The van der Waals surface area contributed by atoms with Gasteiger partial charge in [0.2, 0.25) is 0 Å². The van der Waals surface area contributed by atoms with Crippen LogP contribution in [0.2, 0.25) is 0 Å². The molecule has 0 aromatic rings. The Kier molecular flexibility index (Phi) is 2.84. The molecule has 0 aromatic heterocycles. The molecule has 1 N–H and O–H groups in total. The van der Waals surface area contributed by atoms with E-state index in [4.69, 9.17) is 4.74 Å². The largest absolute Gasteiger partial charge is 0.370 e. The van der Waals surface area contributed by atoms with Gasteiger partial charge in [-0.2, -0.15) is 0 Å². The first-order valence-corrected chi connectivity index (χ1v) is 4.08. The van der Waals surface area contributed by atoms with E-state index in [0.29, 0.717) is 6.42 Å². The van der Waals surface area contributed by atoms with Gasteiger partial charge in [0.25, 0.3) is 0 Å². The molecule has 1 saturated heterocycles. The Hall–Kier alpha value is -0.150. The average molecular weight is 161 g/mol. The van der Waals surface area contributed by atoms with Gasteiger partial charge in [-0.3, -0.25) is 4.39 Å². The Balaban J connectivity index is 2.34. The van der Waals surface area contributed by atoms with E-state index in [0.717, 1.165) is 13.1 Å². The van der Waals surface area contributed by atoms with E-state index in [2.05, 4.69) is 5.32 Å². The number of alkyl halides is 1. The van der Waals surface area contributed by atoms with Crippen LogP contribution in [0, 0.1) is 0 Å². The maximum atomic E-state index is 11.9. The molecule has 66 valence electrons. The standard InChI is InChI=1S/C8H16FNO/c1-8(2)6-10-5-7(11-8)3-4-9/h7,10H,3-6H2,1-2H3/t7-/m1/s1. The van der Waals surface area contributed by atoms with Crippen LogP contribution in [0.15, 0.2) is 0 Å². The lowest BCUT2D eigenvalue weighted by Gasteiger charge is -2.36. The molecule has 3 heteroatoms. The van der Waals surface area contributed by atoms with Gasteiger partial charge < -0.3 is 10.1 Å². The molecule has 1 aliphatic rings. The van der Waals surface area contributed by atoms with E-state index in [9.17, 15) is 4.39 Å². The summed E-state index contributed by atoms with van der Waals surface area (Å²) in [6, 6.07) is 0. The normalized spacial score (nSPS) is 30.3. The molecule has 1 fully saturated rings. The van der Waals surface area contributed by atoms with Crippen molar-refractivity contribution < 1.29 is 9.13 Å². The summed E-state index contributed by atoms with van der Waals surface area (Å²) in [5, 5.41) is 3.22. The fourth-order valence-electron chi connectivity index (χ4n) is 1.35. The highest BCUT2D eigenvalue weighted by Gasteiger charge is 2.27. The lowest BCUT2D eigenvalue weighted by Crippen LogP contribution is -2.50. The highest BCUT2D eigenvalue weighted by atomic mass is 19.1. The van der Waals surface area contributed by atoms with Crippen molar-refractivity contribution >= 4 is 0 Å². The van der Waals surface area contributed by atoms with Crippen molar-refractivity contribution in [2.24, 2.45) is 0 Å². The predicted molar refractivity (Wildman–Crippen MR) is 42.4 cm³/mol. The van der Waals surface area contributed by atoms with E-state index >= 15 is 0 Å². The van der Waals surface area contributed by atoms with Gasteiger partial charge in [0, 0.05) is 19.5 Å². The molecular formula is C8H16FNO. The number of ether oxygens (including phenoxy) is 1. The molecule has 0 spiro atoms. The van der Waals surface area contributed by atoms with Crippen LogP contribution in [-0.2, 0) is 4.74 Å². The van der Waals surface area contributed by atoms with Gasteiger partial charge in [-0.05, 0) is 13.8 Å². The third-order valence-corrected chi connectivity index (χ3v) is 1.84. The molecule has 0 radical (unpaired) electrons. The molecule has 1 rings (SSSR count). The fraction of sp³-hybridized carbons (Fsp3) is 1.00. The summed E-state index contributed by atoms with van der Waals surface area (Å²) in [7, 11) is 0. The molecule has 11 heavy (non-hydrogen) atoms. The summed E-state index contributed by atoms with van der Waals surface area (Å²) >= 11 is 0. The molecule has 0 aliphatic carbocycles. The second-order valence-corrected chi connectivity index (χ2v) is 3.61. The maximum absolute atomic E-state index is 11.9. The van der Waals surface area contributed by atoms with Crippen molar-refractivity contribution in [1.29, 1.82) is 0 Å². The van der Waals surface area contributed by atoms with E-state index < -0.39 is 0 Å². The van der Waals surface area contributed by atoms with Crippen molar-refractivity contribution in [1.82, 2.24) is 5.32 Å². The number of hydrogen-bond acceptors (Lipinski definition) is 2. The molecule has 1 heterocycles. The third kappa shape index (κ3) is 2.75. The van der Waals surface area contributed by atoms with Crippen LogP contribution in [0.1, 0.15) is 20.3 Å². The zero-order valence-electron chi connectivity index (χ0n) is 7.19. The zero-order chi connectivity index (χ0) is 8.32. The first-order valence-electron chi connectivity index (χ1n) is 4.08. The zero-order valence-corrected chi connectivity index (χ0v) is 7.19. The van der Waals surface area contributed by atoms with E-state index in [1.807, 2.05) is 13.8 Å². The van der Waals surface area contributed by atoms with Gasteiger partial charge in [-0.25, -0.2) is 0 Å². The molecule has 0 bridgehead atoms. The molecule has 1 atom stereocenters. The second kappa shape index (κ2) is 3.50. The van der Waals surface area contributed by atoms with Crippen molar-refractivity contribution in [2.75, 3.05) is 19.8 Å². The fourth-order valence-corrected chi connectivity index (χ4v) is 1.35. The predicted octanol–water partition coefficient (Wildman–Crippen LogP) is 1.11. The number of hydrogen-bond donors (Lipinski definition) is 1. The number of nitrogens with one attached hydrogen (secondary N) is 1. The Morgan fingerprint density at radius 3 is 2.91 bits per heavy atom. The molecule has 2 nitrogen and oxygen atoms in total. The third-order valence-electron chi connectivity index (χ3n) is 1.84. The van der Waals surface area contributed by atoms with Crippen LogP contribution in [0.5, 0.6) is 0 Å². The quantitative estimate of drug-likeness (QED) is 0.655. The Labute approximate surface area is 67.1 Å². The average Bonchev–Trinajstić information content (AvgIpc) is 1.85.